The summed E-state index contributed by atoms with van der Waals surface area (Å²) < 4.78 is 7.94. The first-order valence-corrected chi connectivity index (χ1v) is 8.22. The summed E-state index contributed by atoms with van der Waals surface area (Å²) >= 11 is 0. The highest BCUT2D eigenvalue weighted by molar-refractivity contribution is 5.76. The van der Waals surface area contributed by atoms with Crippen molar-refractivity contribution in [1.82, 2.24) is 9.38 Å². The van der Waals surface area contributed by atoms with Crippen LogP contribution in [0.15, 0.2) is 48.5 Å². The molecule has 3 heterocycles. The first kappa shape index (κ1) is 14.3. The maximum Gasteiger partial charge on any atom is 0.139 e. The number of benzene rings is 1. The largest absolute Gasteiger partial charge is 0.376 e. The highest BCUT2D eigenvalue weighted by Gasteiger charge is 2.19. The van der Waals surface area contributed by atoms with Crippen LogP contribution in [0.25, 0.3) is 16.9 Å². The molecule has 1 saturated heterocycles. The molecule has 0 amide bonds. The van der Waals surface area contributed by atoms with E-state index in [-0.39, 0.29) is 0 Å². The fourth-order valence-electron chi connectivity index (χ4n) is 3.23. The number of imidazole rings is 1. The molecular weight excluding hydrogens is 286 g/mol. The molecule has 1 fully saturated rings. The van der Waals surface area contributed by atoms with Crippen LogP contribution in [-0.4, -0.2) is 28.6 Å². The molecule has 0 spiro atoms. The smallest absolute Gasteiger partial charge is 0.139 e. The van der Waals surface area contributed by atoms with Gasteiger partial charge < -0.3 is 10.1 Å². The fourth-order valence-corrected chi connectivity index (χ4v) is 3.23. The molecule has 1 aliphatic rings. The Kier molecular flexibility index (Phi) is 3.75. The second-order valence-corrected chi connectivity index (χ2v) is 6.05. The lowest BCUT2D eigenvalue weighted by Gasteiger charge is -2.14. The summed E-state index contributed by atoms with van der Waals surface area (Å²) in [5.74, 6) is 1.06. The third-order valence-electron chi connectivity index (χ3n) is 4.41. The average Bonchev–Trinajstić information content (AvgIpc) is 3.22. The Morgan fingerprint density at radius 2 is 2.04 bits per heavy atom. The minimum atomic E-state index is 0.299. The van der Waals surface area contributed by atoms with E-state index in [0.717, 1.165) is 48.7 Å². The molecule has 23 heavy (non-hydrogen) atoms. The van der Waals surface area contributed by atoms with Gasteiger partial charge in [0.15, 0.2) is 0 Å². The summed E-state index contributed by atoms with van der Waals surface area (Å²) in [4.78, 5) is 4.85. The van der Waals surface area contributed by atoms with Gasteiger partial charge in [-0.3, -0.25) is 4.40 Å². The molecule has 1 N–H and O–H groups in total. The highest BCUT2D eigenvalue weighted by Crippen LogP contribution is 2.30. The standard InChI is InChI=1S/C19H21N3O/c1-14-7-5-11-17-21-18(15-8-3-2-4-9-15)19(22(14)17)20-13-16-10-6-12-23-16/h2-5,7-9,11,16,20H,6,10,12-13H2,1H3/t16-/m1/s1. The number of fused-ring (bicyclic) bond motifs is 1. The van der Waals surface area contributed by atoms with Crippen molar-refractivity contribution in [1.29, 1.82) is 0 Å². The van der Waals surface area contributed by atoms with Gasteiger partial charge in [-0.05, 0) is 31.9 Å². The molecule has 118 valence electrons. The van der Waals surface area contributed by atoms with Crippen LogP contribution in [0.4, 0.5) is 5.82 Å². The normalized spacial score (nSPS) is 17.7. The topological polar surface area (TPSA) is 38.6 Å². The quantitative estimate of drug-likeness (QED) is 0.794. The van der Waals surface area contributed by atoms with Crippen molar-refractivity contribution >= 4 is 11.5 Å². The highest BCUT2D eigenvalue weighted by atomic mass is 16.5. The lowest BCUT2D eigenvalue weighted by atomic mass is 10.1. The first-order valence-electron chi connectivity index (χ1n) is 8.22. The maximum absolute atomic E-state index is 5.75. The van der Waals surface area contributed by atoms with Crippen LogP contribution < -0.4 is 5.32 Å². The zero-order valence-corrected chi connectivity index (χ0v) is 13.3. The molecule has 3 aromatic rings. The Hall–Kier alpha value is -2.33. The van der Waals surface area contributed by atoms with Gasteiger partial charge >= 0.3 is 0 Å². The molecule has 4 heteroatoms. The number of aryl methyl sites for hydroxylation is 1. The molecule has 2 aromatic heterocycles. The van der Waals surface area contributed by atoms with Crippen LogP contribution in [0.3, 0.4) is 0 Å². The van der Waals surface area contributed by atoms with Gasteiger partial charge in [0.05, 0.1) is 6.10 Å². The molecular formula is C19H21N3O. The number of rotatable bonds is 4. The van der Waals surface area contributed by atoms with E-state index < -0.39 is 0 Å². The Labute approximate surface area is 136 Å². The van der Waals surface area contributed by atoms with Gasteiger partial charge in [0, 0.05) is 24.4 Å². The predicted octanol–water partition coefficient (Wildman–Crippen LogP) is 3.90. The van der Waals surface area contributed by atoms with E-state index >= 15 is 0 Å². The summed E-state index contributed by atoms with van der Waals surface area (Å²) in [5, 5.41) is 3.59. The van der Waals surface area contributed by atoms with E-state index in [1.54, 1.807) is 0 Å². The minimum absolute atomic E-state index is 0.299. The molecule has 0 saturated carbocycles. The average molecular weight is 307 g/mol. The summed E-state index contributed by atoms with van der Waals surface area (Å²) in [6.07, 6.45) is 2.58. The Balaban J connectivity index is 1.78. The lowest BCUT2D eigenvalue weighted by Crippen LogP contribution is -2.19. The SMILES string of the molecule is Cc1cccc2nc(-c3ccccc3)c(NC[C@H]3CCCO3)n12. The number of nitrogens with zero attached hydrogens (tertiary/aromatic N) is 2. The molecule has 0 aliphatic carbocycles. The fraction of sp³-hybridized carbons (Fsp3) is 0.316. The third kappa shape index (κ3) is 2.70. The van der Waals surface area contributed by atoms with Crippen molar-refractivity contribution in [2.24, 2.45) is 0 Å². The zero-order valence-electron chi connectivity index (χ0n) is 13.3. The van der Waals surface area contributed by atoms with Crippen molar-refractivity contribution in [3.8, 4) is 11.3 Å². The van der Waals surface area contributed by atoms with Crippen molar-refractivity contribution in [2.75, 3.05) is 18.5 Å². The van der Waals surface area contributed by atoms with Gasteiger partial charge in [0.1, 0.15) is 17.2 Å². The van der Waals surface area contributed by atoms with E-state index in [1.165, 1.54) is 5.69 Å². The van der Waals surface area contributed by atoms with Gasteiger partial charge in [-0.25, -0.2) is 4.98 Å². The molecule has 4 nitrogen and oxygen atoms in total. The Morgan fingerprint density at radius 3 is 2.83 bits per heavy atom. The third-order valence-corrected chi connectivity index (χ3v) is 4.41. The monoisotopic (exact) mass is 307 g/mol. The molecule has 0 unspecified atom stereocenters. The van der Waals surface area contributed by atoms with E-state index in [1.807, 2.05) is 6.07 Å². The van der Waals surface area contributed by atoms with Crippen LogP contribution in [0, 0.1) is 6.92 Å². The lowest BCUT2D eigenvalue weighted by molar-refractivity contribution is 0.120. The maximum atomic E-state index is 5.75. The number of hydrogen-bond acceptors (Lipinski definition) is 3. The molecule has 1 aliphatic heterocycles. The Morgan fingerprint density at radius 1 is 1.17 bits per heavy atom. The van der Waals surface area contributed by atoms with Gasteiger partial charge in [-0.2, -0.15) is 0 Å². The van der Waals surface area contributed by atoms with Crippen LogP contribution in [0.1, 0.15) is 18.5 Å². The molecule has 0 radical (unpaired) electrons. The van der Waals surface area contributed by atoms with Crippen LogP contribution in [0.2, 0.25) is 0 Å². The van der Waals surface area contributed by atoms with Crippen molar-refractivity contribution in [3.63, 3.8) is 0 Å². The first-order chi connectivity index (χ1) is 11.3. The summed E-state index contributed by atoms with van der Waals surface area (Å²) in [6, 6.07) is 16.6. The van der Waals surface area contributed by atoms with Crippen LogP contribution in [-0.2, 0) is 4.74 Å². The van der Waals surface area contributed by atoms with Crippen molar-refractivity contribution < 1.29 is 4.74 Å². The minimum Gasteiger partial charge on any atom is -0.376 e. The summed E-state index contributed by atoms with van der Waals surface area (Å²) in [5.41, 5.74) is 4.27. The number of nitrogens with one attached hydrogen (secondary N) is 1. The van der Waals surface area contributed by atoms with Crippen LogP contribution >= 0.6 is 0 Å². The van der Waals surface area contributed by atoms with E-state index in [4.69, 9.17) is 9.72 Å². The Bertz CT molecular complexity index is 804. The number of hydrogen-bond donors (Lipinski definition) is 1. The molecule has 4 rings (SSSR count). The molecule has 0 bridgehead atoms. The van der Waals surface area contributed by atoms with Crippen molar-refractivity contribution in [3.05, 3.63) is 54.2 Å². The van der Waals surface area contributed by atoms with E-state index in [2.05, 4.69) is 59.1 Å². The number of pyridine rings is 1. The second-order valence-electron chi connectivity index (χ2n) is 6.05. The van der Waals surface area contributed by atoms with Gasteiger partial charge in [0.2, 0.25) is 0 Å². The van der Waals surface area contributed by atoms with E-state index in [0.29, 0.717) is 6.10 Å². The number of aromatic nitrogens is 2. The van der Waals surface area contributed by atoms with Crippen molar-refractivity contribution in [2.45, 2.75) is 25.9 Å². The molecule has 1 atom stereocenters. The second kappa shape index (κ2) is 6.05. The predicted molar refractivity (Wildman–Crippen MR) is 92.8 cm³/mol. The number of ether oxygens (including phenoxy) is 1. The van der Waals surface area contributed by atoms with E-state index in [9.17, 15) is 0 Å². The summed E-state index contributed by atoms with van der Waals surface area (Å²) in [6.45, 7) is 3.81. The zero-order chi connectivity index (χ0) is 15.6. The number of anilines is 1. The van der Waals surface area contributed by atoms with Crippen LogP contribution in [0.5, 0.6) is 0 Å². The van der Waals surface area contributed by atoms with Gasteiger partial charge in [-0.15, -0.1) is 0 Å². The van der Waals surface area contributed by atoms with Gasteiger partial charge in [-0.1, -0.05) is 36.4 Å². The summed E-state index contributed by atoms with van der Waals surface area (Å²) in [7, 11) is 0. The van der Waals surface area contributed by atoms with Gasteiger partial charge in [0.25, 0.3) is 0 Å². The molecule has 1 aromatic carbocycles.